The van der Waals surface area contributed by atoms with Crippen molar-refractivity contribution < 1.29 is 14.3 Å². The predicted octanol–water partition coefficient (Wildman–Crippen LogP) is 1.40. The monoisotopic (exact) mass is 374 g/mol. The zero-order valence-corrected chi connectivity index (χ0v) is 15.4. The fourth-order valence-electron chi connectivity index (χ4n) is 3.24. The molecule has 0 unspecified atom stereocenters. The number of hydrogen-bond donors (Lipinski definition) is 2. The number of rotatable bonds is 4. The molecule has 3 N–H and O–H groups in total. The van der Waals surface area contributed by atoms with Crippen LogP contribution in [0.1, 0.15) is 25.7 Å². The number of nitrogens with zero attached hydrogens (tertiary/aromatic N) is 2. The Bertz CT molecular complexity index is 752. The van der Waals surface area contributed by atoms with Crippen LogP contribution in [0.3, 0.4) is 0 Å². The van der Waals surface area contributed by atoms with Crippen LogP contribution >= 0.6 is 12.2 Å². The van der Waals surface area contributed by atoms with Crippen LogP contribution < -0.4 is 20.7 Å². The summed E-state index contributed by atoms with van der Waals surface area (Å²) in [5, 5.41) is 2.63. The van der Waals surface area contributed by atoms with E-state index in [4.69, 9.17) is 22.7 Å². The van der Waals surface area contributed by atoms with Gasteiger partial charge in [0.1, 0.15) is 5.75 Å². The first-order valence-electron chi connectivity index (χ1n) is 8.63. The van der Waals surface area contributed by atoms with E-state index in [-0.39, 0.29) is 17.2 Å². The van der Waals surface area contributed by atoms with Crippen molar-refractivity contribution in [1.29, 1.82) is 0 Å². The van der Waals surface area contributed by atoms with Gasteiger partial charge in [0.25, 0.3) is 5.91 Å². The van der Waals surface area contributed by atoms with Gasteiger partial charge < -0.3 is 15.8 Å². The van der Waals surface area contributed by atoms with Crippen molar-refractivity contribution in [3.8, 4) is 5.75 Å². The van der Waals surface area contributed by atoms with E-state index in [1.165, 1.54) is 11.1 Å². The second-order valence-corrected chi connectivity index (χ2v) is 6.85. The van der Waals surface area contributed by atoms with Gasteiger partial charge >= 0.3 is 0 Å². The van der Waals surface area contributed by atoms with E-state index in [2.05, 4.69) is 10.3 Å². The van der Waals surface area contributed by atoms with E-state index in [0.717, 1.165) is 25.7 Å². The van der Waals surface area contributed by atoms with E-state index >= 15 is 0 Å². The summed E-state index contributed by atoms with van der Waals surface area (Å²) >= 11 is 5.19. The van der Waals surface area contributed by atoms with Gasteiger partial charge in [-0.1, -0.05) is 18.9 Å². The number of amides is 2. The van der Waals surface area contributed by atoms with Crippen LogP contribution in [-0.2, 0) is 9.59 Å². The Labute approximate surface area is 157 Å². The van der Waals surface area contributed by atoms with Gasteiger partial charge in [-0.3, -0.25) is 19.5 Å². The van der Waals surface area contributed by atoms with E-state index in [0.29, 0.717) is 11.4 Å². The lowest BCUT2D eigenvalue weighted by Crippen LogP contribution is -2.58. The minimum atomic E-state index is -1.03. The fourth-order valence-corrected chi connectivity index (χ4v) is 3.53. The molecule has 2 amide bonds. The smallest absolute Gasteiger partial charge is 0.251 e. The van der Waals surface area contributed by atoms with Crippen LogP contribution in [0.15, 0.2) is 29.3 Å². The molecule has 0 radical (unpaired) electrons. The molecule has 3 rings (SSSR count). The summed E-state index contributed by atoms with van der Waals surface area (Å²) in [6.45, 7) is 0. The average molecular weight is 374 g/mol. The van der Waals surface area contributed by atoms with Crippen LogP contribution in [0.2, 0.25) is 0 Å². The van der Waals surface area contributed by atoms with Gasteiger partial charge in [0.05, 0.1) is 18.8 Å². The molecule has 1 aromatic rings. The number of anilines is 1. The maximum Gasteiger partial charge on any atom is 0.251 e. The van der Waals surface area contributed by atoms with Gasteiger partial charge in [-0.15, -0.1) is 0 Å². The van der Waals surface area contributed by atoms with Gasteiger partial charge in [-0.25, -0.2) is 0 Å². The summed E-state index contributed by atoms with van der Waals surface area (Å²) in [4.78, 5) is 30.9. The summed E-state index contributed by atoms with van der Waals surface area (Å²) in [6, 6.07) is 6.86. The highest BCUT2D eigenvalue weighted by atomic mass is 32.1. The average Bonchev–Trinajstić information content (AvgIpc) is 2.63. The van der Waals surface area contributed by atoms with Crippen molar-refractivity contribution in [2.24, 2.45) is 16.6 Å². The lowest BCUT2D eigenvalue weighted by atomic mass is 9.91. The highest BCUT2D eigenvalue weighted by Gasteiger charge is 2.38. The molecular weight excluding hydrogens is 352 g/mol. The highest BCUT2D eigenvalue weighted by molar-refractivity contribution is 7.80. The van der Waals surface area contributed by atoms with Gasteiger partial charge in [-0.2, -0.15) is 0 Å². The Balaban J connectivity index is 1.83. The SMILES string of the molecule is COc1cccc(N2C(=O)[C@@H](C=N[C@@H]3CCCC[C@H]3N)C(=O)NC2=S)c1. The zero-order chi connectivity index (χ0) is 18.7. The van der Waals surface area contributed by atoms with Crippen molar-refractivity contribution in [3.63, 3.8) is 0 Å². The van der Waals surface area contributed by atoms with Crippen LogP contribution in [-0.4, -0.2) is 42.3 Å². The number of aliphatic imine (C=N–C) groups is 1. The quantitative estimate of drug-likeness (QED) is 0.472. The maximum absolute atomic E-state index is 12.9. The van der Waals surface area contributed by atoms with E-state index in [9.17, 15) is 9.59 Å². The molecule has 0 bridgehead atoms. The predicted molar refractivity (Wildman–Crippen MR) is 103 cm³/mol. The normalized spacial score (nSPS) is 26.9. The number of hydrogen-bond acceptors (Lipinski definition) is 6. The van der Waals surface area contributed by atoms with Crippen LogP contribution in [0.25, 0.3) is 0 Å². The lowest BCUT2D eigenvalue weighted by Gasteiger charge is -2.31. The van der Waals surface area contributed by atoms with Gasteiger partial charge in [0.2, 0.25) is 5.91 Å². The molecule has 2 fully saturated rings. The fraction of sp³-hybridized carbons (Fsp3) is 0.444. The van der Waals surface area contributed by atoms with Crippen molar-refractivity contribution in [2.45, 2.75) is 37.8 Å². The summed E-state index contributed by atoms with van der Waals surface area (Å²) < 4.78 is 5.19. The zero-order valence-electron chi connectivity index (χ0n) is 14.6. The van der Waals surface area contributed by atoms with Crippen molar-refractivity contribution in [2.75, 3.05) is 12.0 Å². The Morgan fingerprint density at radius 3 is 2.85 bits per heavy atom. The molecule has 1 heterocycles. The van der Waals surface area contributed by atoms with Crippen molar-refractivity contribution >= 4 is 41.0 Å². The second-order valence-electron chi connectivity index (χ2n) is 6.46. The number of carbonyl (C=O) groups is 2. The van der Waals surface area contributed by atoms with Gasteiger partial charge in [-0.05, 0) is 37.2 Å². The molecule has 1 saturated heterocycles. The maximum atomic E-state index is 12.9. The van der Waals surface area contributed by atoms with Crippen molar-refractivity contribution in [1.82, 2.24) is 5.32 Å². The van der Waals surface area contributed by atoms with Gasteiger partial charge in [0, 0.05) is 18.3 Å². The van der Waals surface area contributed by atoms with E-state index in [1.54, 1.807) is 31.4 Å². The first-order chi connectivity index (χ1) is 12.5. The minimum Gasteiger partial charge on any atom is -0.497 e. The first-order valence-corrected chi connectivity index (χ1v) is 9.04. The Hall–Kier alpha value is -2.32. The molecule has 1 aliphatic carbocycles. The number of thiocarbonyl (C=S) groups is 1. The number of carbonyl (C=O) groups excluding carboxylic acids is 2. The van der Waals surface area contributed by atoms with E-state index in [1.807, 2.05) is 0 Å². The molecule has 1 aromatic carbocycles. The first kappa shape index (κ1) is 18.5. The number of benzene rings is 1. The highest BCUT2D eigenvalue weighted by Crippen LogP contribution is 2.25. The van der Waals surface area contributed by atoms with Gasteiger partial charge in [0.15, 0.2) is 11.0 Å². The number of nitrogens with one attached hydrogen (secondary N) is 1. The molecule has 1 aliphatic heterocycles. The Kier molecular flexibility index (Phi) is 5.63. The molecule has 138 valence electrons. The minimum absolute atomic E-state index is 0.0303. The summed E-state index contributed by atoms with van der Waals surface area (Å²) in [7, 11) is 1.54. The number of ether oxygens (including phenoxy) is 1. The third-order valence-corrected chi connectivity index (χ3v) is 5.01. The third-order valence-electron chi connectivity index (χ3n) is 4.72. The molecule has 0 spiro atoms. The molecule has 1 saturated carbocycles. The van der Waals surface area contributed by atoms with Crippen LogP contribution in [0.5, 0.6) is 5.75 Å². The Morgan fingerprint density at radius 1 is 1.35 bits per heavy atom. The Morgan fingerprint density at radius 2 is 2.12 bits per heavy atom. The third kappa shape index (κ3) is 3.76. The number of nitrogens with two attached hydrogens (primary N) is 1. The molecule has 7 nitrogen and oxygen atoms in total. The topological polar surface area (TPSA) is 97.0 Å². The van der Waals surface area contributed by atoms with Crippen LogP contribution in [0.4, 0.5) is 5.69 Å². The second kappa shape index (κ2) is 7.92. The standard InChI is InChI=1S/C18H22N4O3S/c1-25-12-6-4-5-11(9-12)22-17(24)13(16(23)21-18(22)26)10-20-15-8-3-2-7-14(15)19/h4-6,9-10,13-15H,2-3,7-8,19H2,1H3,(H,21,23,26)/t13-,14+,15+/m0/s1. The lowest BCUT2D eigenvalue weighted by molar-refractivity contribution is -0.130. The van der Waals surface area contributed by atoms with Crippen molar-refractivity contribution in [3.05, 3.63) is 24.3 Å². The molecule has 0 aromatic heterocycles. The molecule has 26 heavy (non-hydrogen) atoms. The van der Waals surface area contributed by atoms with Crippen LogP contribution in [0, 0.1) is 5.92 Å². The summed E-state index contributed by atoms with van der Waals surface area (Å²) in [6.07, 6.45) is 5.35. The number of methoxy groups -OCH3 is 1. The molecule has 3 atom stereocenters. The molecular formula is C18H22N4O3S. The molecule has 2 aliphatic rings. The summed E-state index contributed by atoms with van der Waals surface area (Å²) in [5.74, 6) is -1.33. The summed E-state index contributed by atoms with van der Waals surface area (Å²) in [5.41, 5.74) is 6.63. The van der Waals surface area contributed by atoms with E-state index < -0.39 is 17.7 Å². The molecule has 8 heteroatoms. The largest absolute Gasteiger partial charge is 0.497 e.